The molecule has 1 aliphatic carbocycles. The van der Waals surface area contributed by atoms with Crippen molar-refractivity contribution in [2.45, 2.75) is 58.0 Å². The topological polar surface area (TPSA) is 104 Å². The molecule has 10 nitrogen and oxygen atoms in total. The molecule has 0 bridgehead atoms. The minimum Gasteiger partial charge on any atom is -0.464 e. The van der Waals surface area contributed by atoms with Gasteiger partial charge in [0.2, 0.25) is 5.95 Å². The number of aryl methyl sites for hydroxylation is 1. The van der Waals surface area contributed by atoms with Gasteiger partial charge in [-0.05, 0) is 26.2 Å². The molecule has 2 aliphatic rings. The van der Waals surface area contributed by atoms with Crippen molar-refractivity contribution in [2.24, 2.45) is 0 Å². The number of rotatable bonds is 4. The summed E-state index contributed by atoms with van der Waals surface area (Å²) >= 11 is 0. The van der Waals surface area contributed by atoms with Crippen molar-refractivity contribution in [3.05, 3.63) is 36.1 Å². The first-order chi connectivity index (χ1) is 14.6. The van der Waals surface area contributed by atoms with Crippen LogP contribution in [0.5, 0.6) is 0 Å². The van der Waals surface area contributed by atoms with Gasteiger partial charge in [-0.3, -0.25) is 9.13 Å². The van der Waals surface area contributed by atoms with E-state index in [1.54, 1.807) is 10.8 Å². The number of carbonyl (C=O) groups excluding carboxylic acids is 1. The average molecular weight is 408 g/mol. The highest BCUT2D eigenvalue weighted by molar-refractivity contribution is 5.86. The molecule has 0 amide bonds. The van der Waals surface area contributed by atoms with Gasteiger partial charge >= 0.3 is 5.97 Å². The fourth-order valence-corrected chi connectivity index (χ4v) is 4.63. The molecule has 0 unspecified atom stereocenters. The Labute approximate surface area is 173 Å². The Hall–Kier alpha value is -3.30. The molecule has 1 fully saturated rings. The number of hydrogen-bond acceptors (Lipinski definition) is 8. The Morgan fingerprint density at radius 2 is 2.03 bits per heavy atom. The third kappa shape index (κ3) is 2.78. The van der Waals surface area contributed by atoms with Gasteiger partial charge in [-0.15, -0.1) is 10.2 Å². The van der Waals surface area contributed by atoms with Crippen LogP contribution in [0.15, 0.2) is 18.7 Å². The van der Waals surface area contributed by atoms with E-state index in [0.717, 1.165) is 42.4 Å². The molecule has 0 aromatic carbocycles. The zero-order valence-electron chi connectivity index (χ0n) is 17.3. The first-order valence-electron chi connectivity index (χ1n) is 10.3. The Balaban J connectivity index is 1.65. The summed E-state index contributed by atoms with van der Waals surface area (Å²) in [5.41, 5.74) is 1.11. The van der Waals surface area contributed by atoms with E-state index in [1.165, 1.54) is 26.3 Å². The molecule has 3 aromatic rings. The summed E-state index contributed by atoms with van der Waals surface area (Å²) in [5, 5.41) is 8.82. The number of methoxy groups -OCH3 is 1. The smallest absolute Gasteiger partial charge is 0.358 e. The Kier molecular flexibility index (Phi) is 4.48. The second-order valence-electron chi connectivity index (χ2n) is 7.75. The number of ether oxygens (including phenoxy) is 1. The molecular weight excluding hydrogens is 384 g/mol. The summed E-state index contributed by atoms with van der Waals surface area (Å²) in [6.07, 6.45) is 10.6. The van der Waals surface area contributed by atoms with Gasteiger partial charge in [-0.1, -0.05) is 19.8 Å². The number of imidazole rings is 1. The lowest BCUT2D eigenvalue weighted by atomic mass is 10.0. The lowest BCUT2D eigenvalue weighted by Crippen LogP contribution is -2.42. The summed E-state index contributed by atoms with van der Waals surface area (Å²) in [6, 6.07) is 0.522. The molecule has 10 heteroatoms. The van der Waals surface area contributed by atoms with Crippen LogP contribution < -0.4 is 4.90 Å². The Morgan fingerprint density at radius 3 is 2.77 bits per heavy atom. The van der Waals surface area contributed by atoms with Crippen LogP contribution in [0.25, 0.3) is 11.6 Å². The van der Waals surface area contributed by atoms with Gasteiger partial charge in [-0.25, -0.2) is 14.8 Å². The second kappa shape index (κ2) is 7.19. The first kappa shape index (κ1) is 18.7. The molecule has 1 atom stereocenters. The van der Waals surface area contributed by atoms with Gasteiger partial charge < -0.3 is 9.64 Å². The normalized spacial score (nSPS) is 18.4. The van der Waals surface area contributed by atoms with Gasteiger partial charge in [0.05, 0.1) is 19.3 Å². The van der Waals surface area contributed by atoms with E-state index in [-0.39, 0.29) is 11.7 Å². The zero-order valence-corrected chi connectivity index (χ0v) is 17.3. The summed E-state index contributed by atoms with van der Waals surface area (Å²) in [7, 11) is 1.33. The summed E-state index contributed by atoms with van der Waals surface area (Å²) in [6.45, 7) is 4.12. The first-order valence-corrected chi connectivity index (χ1v) is 10.3. The van der Waals surface area contributed by atoms with Gasteiger partial charge in [0.25, 0.3) is 0 Å². The third-order valence-electron chi connectivity index (χ3n) is 6.02. The molecule has 3 aromatic heterocycles. The van der Waals surface area contributed by atoms with Crippen molar-refractivity contribution in [1.82, 2.24) is 34.3 Å². The van der Waals surface area contributed by atoms with Crippen LogP contribution in [0.1, 0.15) is 67.2 Å². The molecular formula is C20H24N8O2. The molecule has 1 aliphatic heterocycles. The quantitative estimate of drug-likeness (QED) is 0.607. The molecule has 0 saturated heterocycles. The highest BCUT2D eigenvalue weighted by Gasteiger charge is 2.39. The maximum atomic E-state index is 11.8. The molecule has 0 spiro atoms. The molecule has 0 radical (unpaired) electrons. The zero-order chi connectivity index (χ0) is 20.8. The summed E-state index contributed by atoms with van der Waals surface area (Å²) in [4.78, 5) is 27.8. The van der Waals surface area contributed by atoms with Crippen molar-refractivity contribution in [1.29, 1.82) is 0 Å². The van der Waals surface area contributed by atoms with Gasteiger partial charge in [0.15, 0.2) is 17.3 Å². The second-order valence-corrected chi connectivity index (χ2v) is 7.75. The third-order valence-corrected chi connectivity index (χ3v) is 6.02. The van der Waals surface area contributed by atoms with Crippen LogP contribution in [0.2, 0.25) is 0 Å². The van der Waals surface area contributed by atoms with Crippen LogP contribution in [-0.4, -0.2) is 53.4 Å². The van der Waals surface area contributed by atoms with E-state index in [1.807, 2.05) is 13.1 Å². The van der Waals surface area contributed by atoms with Gasteiger partial charge in [0, 0.05) is 12.2 Å². The average Bonchev–Trinajstić information content (AvgIpc) is 3.53. The van der Waals surface area contributed by atoms with Crippen molar-refractivity contribution in [2.75, 3.05) is 12.0 Å². The minimum absolute atomic E-state index is 0.109. The number of aromatic nitrogens is 7. The van der Waals surface area contributed by atoms with E-state index < -0.39 is 5.97 Å². The maximum absolute atomic E-state index is 11.8. The SMILES string of the molecule is CC[C@@H]1c2nnc(C)n2-c2cnc(-n3cnc(C(=O)OC)c3)nc2N1C1CCCC1. The molecule has 0 N–H and O–H groups in total. The number of nitrogens with zero attached hydrogens (tertiary/aromatic N) is 8. The largest absolute Gasteiger partial charge is 0.464 e. The van der Waals surface area contributed by atoms with Crippen LogP contribution in [0.4, 0.5) is 5.82 Å². The van der Waals surface area contributed by atoms with Crippen molar-refractivity contribution in [3.8, 4) is 11.6 Å². The van der Waals surface area contributed by atoms with Crippen LogP contribution in [0.3, 0.4) is 0 Å². The van der Waals surface area contributed by atoms with Crippen LogP contribution in [0, 0.1) is 6.92 Å². The predicted octanol–water partition coefficient (Wildman–Crippen LogP) is 2.55. The Morgan fingerprint density at radius 1 is 1.23 bits per heavy atom. The number of fused-ring (bicyclic) bond motifs is 3. The molecule has 30 heavy (non-hydrogen) atoms. The summed E-state index contributed by atoms with van der Waals surface area (Å²) < 4.78 is 8.46. The Bertz CT molecular complexity index is 1100. The monoisotopic (exact) mass is 408 g/mol. The van der Waals surface area contributed by atoms with Crippen molar-refractivity contribution >= 4 is 11.8 Å². The number of anilines is 1. The predicted molar refractivity (Wildman–Crippen MR) is 108 cm³/mol. The number of esters is 1. The van der Waals surface area contributed by atoms with Crippen LogP contribution >= 0.6 is 0 Å². The maximum Gasteiger partial charge on any atom is 0.358 e. The van der Waals surface area contributed by atoms with E-state index >= 15 is 0 Å². The fourth-order valence-electron chi connectivity index (χ4n) is 4.63. The van der Waals surface area contributed by atoms with E-state index in [2.05, 4.69) is 36.6 Å². The summed E-state index contributed by atoms with van der Waals surface area (Å²) in [5.74, 6) is 2.62. The van der Waals surface area contributed by atoms with Crippen molar-refractivity contribution in [3.63, 3.8) is 0 Å². The van der Waals surface area contributed by atoms with E-state index in [4.69, 9.17) is 9.72 Å². The van der Waals surface area contributed by atoms with Gasteiger partial charge in [0.1, 0.15) is 17.8 Å². The number of carbonyl (C=O) groups is 1. The molecule has 5 rings (SSSR count). The van der Waals surface area contributed by atoms with E-state index in [9.17, 15) is 4.79 Å². The lowest BCUT2D eigenvalue weighted by Gasteiger charge is -2.41. The molecule has 1 saturated carbocycles. The van der Waals surface area contributed by atoms with Crippen molar-refractivity contribution < 1.29 is 9.53 Å². The molecule has 156 valence electrons. The lowest BCUT2D eigenvalue weighted by molar-refractivity contribution is 0.0594. The van der Waals surface area contributed by atoms with Crippen LogP contribution in [-0.2, 0) is 4.74 Å². The fraction of sp³-hybridized carbons (Fsp3) is 0.500. The van der Waals surface area contributed by atoms with E-state index in [0.29, 0.717) is 12.0 Å². The minimum atomic E-state index is -0.491. The molecule has 4 heterocycles. The van der Waals surface area contributed by atoms with Gasteiger partial charge in [-0.2, -0.15) is 4.98 Å². The highest BCUT2D eigenvalue weighted by Crippen LogP contribution is 2.43. The highest BCUT2D eigenvalue weighted by atomic mass is 16.5. The standard InChI is InChI=1S/C20H24N8O2/c1-4-15-18-25-24-12(2)27(18)16-9-21-20(26-10-14(22-11-26)19(29)30-3)23-17(16)28(15)13-7-5-6-8-13/h9-11,13,15H,4-8H2,1-3H3/t15-/m1/s1. The number of hydrogen-bond donors (Lipinski definition) is 0.